The Morgan fingerprint density at radius 2 is 2.31 bits per heavy atom. The molecule has 0 aliphatic heterocycles. The summed E-state index contributed by atoms with van der Waals surface area (Å²) in [7, 11) is 1.30. The molecule has 1 rings (SSSR count). The molecule has 0 radical (unpaired) electrons. The smallest absolute Gasteiger partial charge is 0.343 e. The Morgan fingerprint density at radius 3 is 2.81 bits per heavy atom. The van der Waals surface area contributed by atoms with E-state index in [9.17, 15) is 4.79 Å². The molecular weight excluding hydrogens is 226 g/mol. The zero-order valence-electron chi connectivity index (χ0n) is 9.56. The third kappa shape index (κ3) is 3.37. The highest BCUT2D eigenvalue weighted by atomic mass is 32.2. The van der Waals surface area contributed by atoms with Crippen LogP contribution in [0.3, 0.4) is 0 Å². The van der Waals surface area contributed by atoms with Crippen LogP contribution in [0, 0.1) is 0 Å². The summed E-state index contributed by atoms with van der Waals surface area (Å²) < 4.78 is 4.55. The van der Waals surface area contributed by atoms with E-state index >= 15 is 0 Å². The zero-order chi connectivity index (χ0) is 12.1. The van der Waals surface area contributed by atoms with Gasteiger partial charge in [-0.15, -0.1) is 0 Å². The monoisotopic (exact) mass is 241 g/mol. The predicted octanol–water partition coefficient (Wildman–Crippen LogP) is 1.49. The third-order valence-corrected chi connectivity index (χ3v) is 2.91. The second-order valence-electron chi connectivity index (χ2n) is 3.44. The van der Waals surface area contributed by atoms with Crippen molar-refractivity contribution in [3.63, 3.8) is 0 Å². The van der Waals surface area contributed by atoms with Gasteiger partial charge in [-0.05, 0) is 5.25 Å². The molecule has 0 amide bonds. The van der Waals surface area contributed by atoms with Gasteiger partial charge in [0, 0.05) is 6.20 Å². The van der Waals surface area contributed by atoms with Crippen LogP contribution in [0.5, 0.6) is 0 Å². The molecule has 0 aromatic carbocycles. The Bertz CT molecular complexity index is 382. The molecule has 5 nitrogen and oxygen atoms in total. The van der Waals surface area contributed by atoms with Crippen LogP contribution in [0.2, 0.25) is 0 Å². The minimum Gasteiger partial charge on any atom is -0.465 e. The fraction of sp³-hybridized carbons (Fsp3) is 0.500. The van der Waals surface area contributed by atoms with Crippen molar-refractivity contribution < 1.29 is 9.53 Å². The first kappa shape index (κ1) is 12.8. The Morgan fingerprint density at radius 1 is 1.62 bits per heavy atom. The molecule has 0 aliphatic carbocycles. The molecule has 1 heterocycles. The second-order valence-corrected chi connectivity index (χ2v) is 5.00. The average Bonchev–Trinajstić information content (AvgIpc) is 2.25. The van der Waals surface area contributed by atoms with Gasteiger partial charge in [0.1, 0.15) is 17.2 Å². The van der Waals surface area contributed by atoms with Gasteiger partial charge in [-0.25, -0.2) is 14.8 Å². The van der Waals surface area contributed by atoms with E-state index in [0.29, 0.717) is 16.8 Å². The van der Waals surface area contributed by atoms with Gasteiger partial charge in [-0.3, -0.25) is 0 Å². The number of methoxy groups -OCH3 is 1. The van der Waals surface area contributed by atoms with Crippen molar-refractivity contribution in [2.75, 3.05) is 12.8 Å². The Balaban J connectivity index is 2.78. The number of carbonyl (C=O) groups is 1. The van der Waals surface area contributed by atoms with Crippen molar-refractivity contribution >= 4 is 23.5 Å². The van der Waals surface area contributed by atoms with Crippen molar-refractivity contribution in [3.05, 3.63) is 17.6 Å². The van der Waals surface area contributed by atoms with Crippen LogP contribution in [-0.2, 0) is 10.5 Å². The van der Waals surface area contributed by atoms with Crippen LogP contribution >= 0.6 is 11.8 Å². The minimum atomic E-state index is -0.513. The standard InChI is InChI=1S/C10H15N3O2S/c1-6(2)16-5-8-12-4-7(9(11)13-8)10(14)15-3/h4,6H,5H2,1-3H3,(H2,11,12,13). The lowest BCUT2D eigenvalue weighted by molar-refractivity contribution is 0.0601. The van der Waals surface area contributed by atoms with Crippen molar-refractivity contribution in [2.24, 2.45) is 0 Å². The molecule has 6 heteroatoms. The maximum absolute atomic E-state index is 11.2. The van der Waals surface area contributed by atoms with Gasteiger partial charge < -0.3 is 10.5 Å². The Kier molecular flexibility index (Phi) is 4.54. The van der Waals surface area contributed by atoms with Gasteiger partial charge in [-0.2, -0.15) is 11.8 Å². The molecule has 0 atom stereocenters. The SMILES string of the molecule is COC(=O)c1cnc(CSC(C)C)nc1N. The Labute approximate surface area is 98.8 Å². The minimum absolute atomic E-state index is 0.168. The van der Waals surface area contributed by atoms with Crippen LogP contribution < -0.4 is 5.73 Å². The van der Waals surface area contributed by atoms with Gasteiger partial charge in [0.15, 0.2) is 0 Å². The maximum Gasteiger partial charge on any atom is 0.343 e. The van der Waals surface area contributed by atoms with E-state index in [2.05, 4.69) is 28.6 Å². The number of esters is 1. The molecule has 0 saturated carbocycles. The van der Waals surface area contributed by atoms with E-state index in [1.54, 1.807) is 11.8 Å². The molecule has 16 heavy (non-hydrogen) atoms. The van der Waals surface area contributed by atoms with Gasteiger partial charge >= 0.3 is 5.97 Å². The molecule has 1 aromatic rings. The van der Waals surface area contributed by atoms with E-state index in [1.807, 2.05) is 0 Å². The van der Waals surface area contributed by atoms with Gasteiger partial charge in [0.05, 0.1) is 12.9 Å². The first-order valence-corrected chi connectivity index (χ1v) is 5.90. The highest BCUT2D eigenvalue weighted by Gasteiger charge is 2.12. The summed E-state index contributed by atoms with van der Waals surface area (Å²) in [6.45, 7) is 4.19. The molecule has 0 spiro atoms. The van der Waals surface area contributed by atoms with Crippen LogP contribution in [0.4, 0.5) is 5.82 Å². The van der Waals surface area contributed by atoms with Gasteiger partial charge in [0.2, 0.25) is 0 Å². The number of hydrogen-bond acceptors (Lipinski definition) is 6. The van der Waals surface area contributed by atoms with Crippen LogP contribution in [0.1, 0.15) is 30.0 Å². The fourth-order valence-electron chi connectivity index (χ4n) is 1.01. The molecule has 0 saturated heterocycles. The molecular formula is C10H15N3O2S. The van der Waals surface area contributed by atoms with E-state index in [4.69, 9.17) is 5.73 Å². The molecule has 88 valence electrons. The largest absolute Gasteiger partial charge is 0.465 e. The molecule has 0 unspecified atom stereocenters. The number of anilines is 1. The third-order valence-electron chi connectivity index (χ3n) is 1.82. The van der Waals surface area contributed by atoms with E-state index in [1.165, 1.54) is 13.3 Å². The van der Waals surface area contributed by atoms with Crippen LogP contribution in [0.15, 0.2) is 6.20 Å². The lowest BCUT2D eigenvalue weighted by atomic mass is 10.3. The number of rotatable bonds is 4. The van der Waals surface area contributed by atoms with Crippen molar-refractivity contribution in [1.29, 1.82) is 0 Å². The van der Waals surface area contributed by atoms with Crippen LogP contribution in [-0.4, -0.2) is 28.3 Å². The number of nitrogens with zero attached hydrogens (tertiary/aromatic N) is 2. The highest BCUT2D eigenvalue weighted by molar-refractivity contribution is 7.99. The van der Waals surface area contributed by atoms with E-state index < -0.39 is 5.97 Å². The number of carbonyl (C=O) groups excluding carboxylic acids is 1. The van der Waals surface area contributed by atoms with Crippen molar-refractivity contribution in [3.8, 4) is 0 Å². The number of hydrogen-bond donors (Lipinski definition) is 1. The summed E-state index contributed by atoms with van der Waals surface area (Å²) in [6, 6.07) is 0. The summed E-state index contributed by atoms with van der Waals surface area (Å²) in [5.41, 5.74) is 5.85. The molecule has 0 bridgehead atoms. The number of aromatic nitrogens is 2. The molecule has 0 aliphatic rings. The summed E-state index contributed by atoms with van der Waals surface area (Å²) >= 11 is 1.72. The lowest BCUT2D eigenvalue weighted by Crippen LogP contribution is -2.10. The maximum atomic E-state index is 11.2. The van der Waals surface area contributed by atoms with Gasteiger partial charge in [0.25, 0.3) is 0 Å². The summed E-state index contributed by atoms with van der Waals surface area (Å²) in [4.78, 5) is 19.4. The van der Waals surface area contributed by atoms with Crippen molar-refractivity contribution in [2.45, 2.75) is 24.9 Å². The molecule has 2 N–H and O–H groups in total. The lowest BCUT2D eigenvalue weighted by Gasteiger charge is -2.06. The number of ether oxygens (including phenoxy) is 1. The quantitative estimate of drug-likeness (QED) is 0.805. The second kappa shape index (κ2) is 5.69. The summed E-state index contributed by atoms with van der Waals surface area (Å²) in [6.07, 6.45) is 1.41. The summed E-state index contributed by atoms with van der Waals surface area (Å²) in [5.74, 6) is 0.967. The van der Waals surface area contributed by atoms with E-state index in [0.717, 1.165) is 0 Å². The summed E-state index contributed by atoms with van der Waals surface area (Å²) in [5, 5.41) is 0.505. The fourth-order valence-corrected chi connectivity index (χ4v) is 1.63. The van der Waals surface area contributed by atoms with Crippen molar-refractivity contribution in [1.82, 2.24) is 9.97 Å². The highest BCUT2D eigenvalue weighted by Crippen LogP contribution is 2.16. The average molecular weight is 241 g/mol. The normalized spacial score (nSPS) is 10.5. The zero-order valence-corrected chi connectivity index (χ0v) is 10.4. The number of nitrogen functional groups attached to an aromatic ring is 1. The number of thioether (sulfide) groups is 1. The van der Waals surface area contributed by atoms with Gasteiger partial charge in [-0.1, -0.05) is 13.8 Å². The molecule has 0 fully saturated rings. The topological polar surface area (TPSA) is 78.1 Å². The first-order chi connectivity index (χ1) is 7.54. The molecule has 1 aromatic heterocycles. The van der Waals surface area contributed by atoms with Crippen LogP contribution in [0.25, 0.3) is 0 Å². The first-order valence-electron chi connectivity index (χ1n) is 4.86. The Hall–Kier alpha value is -1.30. The van der Waals surface area contributed by atoms with E-state index in [-0.39, 0.29) is 11.4 Å². The predicted molar refractivity (Wildman–Crippen MR) is 64.2 cm³/mol. The number of nitrogens with two attached hydrogens (primary N) is 1.